The predicted molar refractivity (Wildman–Crippen MR) is 41.4 cm³/mol. The number of allylic oxidation sites excluding steroid dienone is 1. The maximum Gasteiger partial charge on any atom is 0.154 e. The van der Waals surface area contributed by atoms with Crippen molar-refractivity contribution in [3.8, 4) is 0 Å². The van der Waals surface area contributed by atoms with E-state index >= 15 is 0 Å². The van der Waals surface area contributed by atoms with Crippen molar-refractivity contribution in [1.29, 1.82) is 0 Å². The lowest BCUT2D eigenvalue weighted by Crippen LogP contribution is -2.09. The van der Waals surface area contributed by atoms with Crippen molar-refractivity contribution in [2.24, 2.45) is 0 Å². The molecule has 0 amide bonds. The monoisotopic (exact) mass is 141 g/mol. The number of ketones is 1. The summed E-state index contributed by atoms with van der Waals surface area (Å²) in [6.45, 7) is 6.82. The fourth-order valence-corrected chi connectivity index (χ4v) is 0.486. The van der Waals surface area contributed by atoms with Gasteiger partial charge in [0.25, 0.3) is 0 Å². The number of hydrogen-bond acceptors (Lipinski definition) is 1. The van der Waals surface area contributed by atoms with Gasteiger partial charge in [-0.2, -0.15) is 0 Å². The molecule has 1 radical (unpaired) electrons. The molecule has 0 aromatic carbocycles. The van der Waals surface area contributed by atoms with Crippen molar-refractivity contribution in [2.45, 2.75) is 11.7 Å². The standard InChI is InChI=1S/C7H9OS/c1-3-5-6(8)7(9)4-2/h3-4,7H,1-2,5H2. The van der Waals surface area contributed by atoms with Gasteiger partial charge in [-0.25, -0.2) is 0 Å². The van der Waals surface area contributed by atoms with Crippen LogP contribution >= 0.6 is 12.6 Å². The fourth-order valence-electron chi connectivity index (χ4n) is 0.390. The highest BCUT2D eigenvalue weighted by molar-refractivity contribution is 7.82. The molecule has 0 fully saturated rings. The molecule has 0 aliphatic heterocycles. The summed E-state index contributed by atoms with van der Waals surface area (Å²) in [5, 5.41) is -0.442. The maximum atomic E-state index is 10.7. The molecule has 49 valence electrons. The van der Waals surface area contributed by atoms with Crippen molar-refractivity contribution < 1.29 is 4.79 Å². The van der Waals surface area contributed by atoms with E-state index in [2.05, 4.69) is 13.2 Å². The third-order valence-corrected chi connectivity index (χ3v) is 1.33. The molecule has 2 heteroatoms. The molecule has 0 saturated heterocycles. The summed E-state index contributed by atoms with van der Waals surface area (Å²) in [4.78, 5) is 10.7. The first-order valence-corrected chi connectivity index (χ1v) is 3.11. The van der Waals surface area contributed by atoms with E-state index in [4.69, 9.17) is 12.6 Å². The minimum atomic E-state index is -0.442. The topological polar surface area (TPSA) is 17.1 Å². The number of carbonyl (C=O) groups excluding carboxylic acids is 1. The highest BCUT2D eigenvalue weighted by atomic mass is 32.1. The van der Waals surface area contributed by atoms with Crippen molar-refractivity contribution in [3.63, 3.8) is 0 Å². The summed E-state index contributed by atoms with van der Waals surface area (Å²) in [7, 11) is 0. The zero-order valence-electron chi connectivity index (χ0n) is 5.17. The summed E-state index contributed by atoms with van der Waals surface area (Å²) in [6.07, 6.45) is 3.35. The van der Waals surface area contributed by atoms with Gasteiger partial charge in [0.1, 0.15) is 0 Å². The Labute approximate surface area is 60.9 Å². The molecular weight excluding hydrogens is 132 g/mol. The Kier molecular flexibility index (Phi) is 4.14. The molecule has 0 N–H and O–H groups in total. The molecule has 1 atom stereocenters. The van der Waals surface area contributed by atoms with Crippen LogP contribution in [-0.2, 0) is 4.79 Å². The summed E-state index contributed by atoms with van der Waals surface area (Å²) in [5.74, 6) is -0.00463. The third kappa shape index (κ3) is 3.14. The largest absolute Gasteiger partial charge is 0.298 e. The summed E-state index contributed by atoms with van der Waals surface area (Å²) in [5.41, 5.74) is 0. The Hall–Kier alpha value is -0.500. The lowest BCUT2D eigenvalue weighted by atomic mass is 10.2. The number of carbonyl (C=O) groups is 1. The normalized spacial score (nSPS) is 12.1. The second kappa shape index (κ2) is 4.39. The van der Waals surface area contributed by atoms with Crippen LogP contribution in [0, 0.1) is 0 Å². The van der Waals surface area contributed by atoms with Crippen LogP contribution < -0.4 is 0 Å². The average molecular weight is 141 g/mol. The Balaban J connectivity index is 3.71. The van der Waals surface area contributed by atoms with E-state index in [9.17, 15) is 4.79 Å². The highest BCUT2D eigenvalue weighted by Crippen LogP contribution is 2.00. The average Bonchev–Trinajstić information content (AvgIpc) is 1.87. The number of hydrogen-bond donors (Lipinski definition) is 0. The zero-order valence-corrected chi connectivity index (χ0v) is 5.99. The van der Waals surface area contributed by atoms with Gasteiger partial charge in [-0.3, -0.25) is 4.79 Å². The molecule has 0 heterocycles. The van der Waals surface area contributed by atoms with E-state index < -0.39 is 5.25 Å². The van der Waals surface area contributed by atoms with Crippen LogP contribution in [0.15, 0.2) is 25.3 Å². The molecule has 0 rings (SSSR count). The molecule has 0 bridgehead atoms. The molecule has 0 aliphatic carbocycles. The highest BCUT2D eigenvalue weighted by Gasteiger charge is 2.06. The van der Waals surface area contributed by atoms with Crippen molar-refractivity contribution in [1.82, 2.24) is 0 Å². The number of Topliss-reactive ketones (excluding diaryl/α,β-unsaturated/α-hetero) is 1. The van der Waals surface area contributed by atoms with E-state index in [1.54, 1.807) is 6.08 Å². The zero-order chi connectivity index (χ0) is 7.28. The summed E-state index contributed by atoms with van der Waals surface area (Å²) >= 11 is 4.71. The minimum absolute atomic E-state index is 0.00463. The molecule has 0 aromatic heterocycles. The lowest BCUT2D eigenvalue weighted by molar-refractivity contribution is -0.117. The Morgan fingerprint density at radius 3 is 2.56 bits per heavy atom. The van der Waals surface area contributed by atoms with Gasteiger partial charge in [0, 0.05) is 6.42 Å². The molecule has 1 nitrogen and oxygen atoms in total. The molecule has 9 heavy (non-hydrogen) atoms. The van der Waals surface area contributed by atoms with Crippen molar-refractivity contribution >= 4 is 18.4 Å². The second-order valence-electron chi connectivity index (χ2n) is 1.62. The van der Waals surface area contributed by atoms with Crippen LogP contribution in [0.3, 0.4) is 0 Å². The smallest absolute Gasteiger partial charge is 0.154 e. The predicted octanol–water partition coefficient (Wildman–Crippen LogP) is 1.88. The van der Waals surface area contributed by atoms with E-state index in [1.165, 1.54) is 6.08 Å². The van der Waals surface area contributed by atoms with Crippen LogP contribution in [-0.4, -0.2) is 11.0 Å². The Morgan fingerprint density at radius 1 is 1.67 bits per heavy atom. The van der Waals surface area contributed by atoms with Crippen LogP contribution in [0.1, 0.15) is 6.42 Å². The summed E-state index contributed by atoms with van der Waals surface area (Å²) < 4.78 is 0. The summed E-state index contributed by atoms with van der Waals surface area (Å²) in [6, 6.07) is 0. The van der Waals surface area contributed by atoms with Crippen LogP contribution in [0.4, 0.5) is 0 Å². The maximum absolute atomic E-state index is 10.7. The third-order valence-electron chi connectivity index (χ3n) is 0.877. The number of rotatable bonds is 4. The first-order valence-electron chi connectivity index (χ1n) is 2.64. The molecule has 0 aliphatic rings. The van der Waals surface area contributed by atoms with Gasteiger partial charge in [0.15, 0.2) is 5.78 Å². The van der Waals surface area contributed by atoms with E-state index in [-0.39, 0.29) is 5.78 Å². The van der Waals surface area contributed by atoms with Gasteiger partial charge in [-0.1, -0.05) is 24.8 Å². The lowest BCUT2D eigenvalue weighted by Gasteiger charge is -1.97. The SMILES string of the molecule is C=CCC(=O)C([S])C=C. The molecule has 0 aromatic rings. The Morgan fingerprint density at radius 2 is 2.22 bits per heavy atom. The first-order chi connectivity index (χ1) is 4.22. The Bertz CT molecular complexity index is 129. The molecule has 1 unspecified atom stereocenters. The van der Waals surface area contributed by atoms with E-state index in [0.29, 0.717) is 6.42 Å². The molecule has 0 saturated carbocycles. The van der Waals surface area contributed by atoms with Crippen LogP contribution in [0.25, 0.3) is 0 Å². The van der Waals surface area contributed by atoms with Gasteiger partial charge in [0.05, 0.1) is 5.25 Å². The van der Waals surface area contributed by atoms with Gasteiger partial charge >= 0.3 is 0 Å². The molecule has 0 spiro atoms. The fraction of sp³-hybridized carbons (Fsp3) is 0.286. The van der Waals surface area contributed by atoms with Crippen molar-refractivity contribution in [2.75, 3.05) is 0 Å². The quantitative estimate of drug-likeness (QED) is 0.546. The van der Waals surface area contributed by atoms with Gasteiger partial charge in [0.2, 0.25) is 0 Å². The van der Waals surface area contributed by atoms with Crippen LogP contribution in [0.5, 0.6) is 0 Å². The minimum Gasteiger partial charge on any atom is -0.298 e. The van der Waals surface area contributed by atoms with Gasteiger partial charge < -0.3 is 0 Å². The van der Waals surface area contributed by atoms with Crippen molar-refractivity contribution in [3.05, 3.63) is 25.3 Å². The van der Waals surface area contributed by atoms with E-state index in [1.807, 2.05) is 0 Å². The first kappa shape index (κ1) is 8.50. The van der Waals surface area contributed by atoms with Gasteiger partial charge in [-0.05, 0) is 0 Å². The van der Waals surface area contributed by atoms with E-state index in [0.717, 1.165) is 0 Å². The van der Waals surface area contributed by atoms with Crippen LogP contribution in [0.2, 0.25) is 0 Å². The second-order valence-corrected chi connectivity index (χ2v) is 2.12. The molecular formula is C7H9OS. The van der Waals surface area contributed by atoms with Gasteiger partial charge in [-0.15, -0.1) is 13.2 Å².